The number of carbonyl (C=O) groups is 5. The Hall–Kier alpha value is -4.10. The van der Waals surface area contributed by atoms with Crippen LogP contribution in [0.3, 0.4) is 0 Å². The summed E-state index contributed by atoms with van der Waals surface area (Å²) < 4.78 is 0. The number of nitrogens with zero attached hydrogens (tertiary/aromatic N) is 1. The SMILES string of the molecule is CSCC[C@@H]1C(=O)NCCN1C(=O)[C@H](Cc1ccccc1)NC(=O)CNC(=O)[C@@H](C)NC(=O)[C@@H](N)Cc1ccc(O)cc1. The lowest BCUT2D eigenvalue weighted by atomic mass is 10.0. The van der Waals surface area contributed by atoms with E-state index < -0.39 is 48.4 Å². The lowest BCUT2D eigenvalue weighted by molar-refractivity contribution is -0.145. The zero-order chi connectivity index (χ0) is 31.4. The Balaban J connectivity index is 1.58. The van der Waals surface area contributed by atoms with Crippen molar-refractivity contribution in [1.82, 2.24) is 26.2 Å². The molecule has 5 amide bonds. The highest BCUT2D eigenvalue weighted by molar-refractivity contribution is 7.98. The van der Waals surface area contributed by atoms with E-state index in [1.807, 2.05) is 36.6 Å². The number of amides is 5. The molecule has 0 aromatic heterocycles. The van der Waals surface area contributed by atoms with Crippen LogP contribution in [0.2, 0.25) is 0 Å². The first-order chi connectivity index (χ1) is 20.6. The Bertz CT molecular complexity index is 1260. The van der Waals surface area contributed by atoms with Crippen LogP contribution in [-0.4, -0.2) is 95.4 Å². The third-order valence-electron chi connectivity index (χ3n) is 7.03. The molecule has 43 heavy (non-hydrogen) atoms. The Labute approximate surface area is 255 Å². The molecule has 1 aliphatic rings. The quantitative estimate of drug-likeness (QED) is 0.168. The first-order valence-corrected chi connectivity index (χ1v) is 15.5. The Morgan fingerprint density at radius 3 is 2.37 bits per heavy atom. The predicted molar refractivity (Wildman–Crippen MR) is 164 cm³/mol. The third-order valence-corrected chi connectivity index (χ3v) is 7.67. The Kier molecular flexibility index (Phi) is 12.8. The molecule has 0 radical (unpaired) electrons. The highest BCUT2D eigenvalue weighted by Crippen LogP contribution is 2.15. The number of carbonyl (C=O) groups excluding carboxylic acids is 5. The van der Waals surface area contributed by atoms with Gasteiger partial charge in [0.05, 0.1) is 12.6 Å². The normalized spacial score (nSPS) is 16.8. The number of thioether (sulfide) groups is 1. The third kappa shape index (κ3) is 10.3. The van der Waals surface area contributed by atoms with Gasteiger partial charge in [-0.25, -0.2) is 0 Å². The standard InChI is InChI=1S/C30H40N6O6S/c1-19(34-28(40)23(31)16-21-8-10-22(37)11-9-21)27(39)33-18-26(38)35-24(17-20-6-4-3-5-7-20)30(42)36-14-13-32-29(41)25(36)12-15-43-2/h3-11,19,23-25,37H,12-18,31H2,1-2H3,(H,32,41)(H,33,39)(H,34,40)(H,35,38)/t19-,23+,24+,25-/m1/s1. The summed E-state index contributed by atoms with van der Waals surface area (Å²) in [6.07, 6.45) is 2.83. The molecule has 1 fully saturated rings. The van der Waals surface area contributed by atoms with Crippen molar-refractivity contribution in [2.24, 2.45) is 5.73 Å². The summed E-state index contributed by atoms with van der Waals surface area (Å²) in [4.78, 5) is 65.9. The first kappa shape index (κ1) is 33.4. The van der Waals surface area contributed by atoms with Crippen LogP contribution >= 0.6 is 11.8 Å². The number of piperazine rings is 1. The molecule has 0 saturated carbocycles. The van der Waals surface area contributed by atoms with E-state index in [4.69, 9.17) is 5.73 Å². The number of rotatable bonds is 14. The molecule has 3 rings (SSSR count). The van der Waals surface area contributed by atoms with Gasteiger partial charge in [-0.2, -0.15) is 11.8 Å². The summed E-state index contributed by atoms with van der Waals surface area (Å²) in [7, 11) is 0. The lowest BCUT2D eigenvalue weighted by Gasteiger charge is -2.37. The zero-order valence-electron chi connectivity index (χ0n) is 24.4. The smallest absolute Gasteiger partial charge is 0.246 e. The van der Waals surface area contributed by atoms with E-state index in [1.165, 1.54) is 24.0 Å². The fraction of sp³-hybridized carbons (Fsp3) is 0.433. The molecule has 0 spiro atoms. The minimum Gasteiger partial charge on any atom is -0.508 e. The fourth-order valence-electron chi connectivity index (χ4n) is 4.68. The number of nitrogens with two attached hydrogens (primary N) is 1. The minimum absolute atomic E-state index is 0.0982. The van der Waals surface area contributed by atoms with Gasteiger partial charge in [-0.05, 0) is 55.0 Å². The van der Waals surface area contributed by atoms with Gasteiger partial charge in [0.25, 0.3) is 0 Å². The molecule has 0 aliphatic carbocycles. The summed E-state index contributed by atoms with van der Waals surface area (Å²) >= 11 is 1.58. The second kappa shape index (κ2) is 16.5. The average Bonchev–Trinajstić information content (AvgIpc) is 3.00. The molecule has 2 aromatic rings. The summed E-state index contributed by atoms with van der Waals surface area (Å²) in [5, 5.41) is 20.0. The molecule has 12 nitrogen and oxygen atoms in total. The monoisotopic (exact) mass is 612 g/mol. The van der Waals surface area contributed by atoms with E-state index in [9.17, 15) is 29.1 Å². The fourth-order valence-corrected chi connectivity index (χ4v) is 5.13. The number of hydrogen-bond acceptors (Lipinski definition) is 8. The molecule has 13 heteroatoms. The predicted octanol–water partition coefficient (Wildman–Crippen LogP) is -0.309. The van der Waals surface area contributed by atoms with Gasteiger partial charge in [-0.15, -0.1) is 0 Å². The molecule has 0 bridgehead atoms. The summed E-state index contributed by atoms with van der Waals surface area (Å²) in [5.41, 5.74) is 7.55. The summed E-state index contributed by atoms with van der Waals surface area (Å²) in [5.74, 6) is -1.53. The zero-order valence-corrected chi connectivity index (χ0v) is 25.2. The van der Waals surface area contributed by atoms with E-state index in [1.54, 1.807) is 23.9 Å². The molecule has 4 atom stereocenters. The molecule has 2 aromatic carbocycles. The van der Waals surface area contributed by atoms with Crippen LogP contribution in [0.4, 0.5) is 0 Å². The van der Waals surface area contributed by atoms with Crippen LogP contribution in [0, 0.1) is 0 Å². The molecule has 1 saturated heterocycles. The maximum atomic E-state index is 13.7. The molecule has 1 aliphatic heterocycles. The van der Waals surface area contributed by atoms with Crippen LogP contribution in [0.15, 0.2) is 54.6 Å². The number of phenols is 1. The van der Waals surface area contributed by atoms with Gasteiger partial charge in [-0.1, -0.05) is 42.5 Å². The van der Waals surface area contributed by atoms with Crippen LogP contribution in [0.5, 0.6) is 5.75 Å². The summed E-state index contributed by atoms with van der Waals surface area (Å²) in [6.45, 7) is 1.70. The van der Waals surface area contributed by atoms with Gasteiger partial charge in [0.2, 0.25) is 29.5 Å². The van der Waals surface area contributed by atoms with Gasteiger partial charge in [0.15, 0.2) is 0 Å². The number of benzene rings is 2. The van der Waals surface area contributed by atoms with Crippen molar-refractivity contribution in [3.8, 4) is 5.75 Å². The molecule has 232 valence electrons. The largest absolute Gasteiger partial charge is 0.508 e. The van der Waals surface area contributed by atoms with Crippen molar-refractivity contribution >= 4 is 41.3 Å². The van der Waals surface area contributed by atoms with Crippen LogP contribution in [-0.2, 0) is 36.8 Å². The highest BCUT2D eigenvalue weighted by Gasteiger charge is 2.36. The van der Waals surface area contributed by atoms with Gasteiger partial charge in [0, 0.05) is 19.5 Å². The molecule has 1 heterocycles. The van der Waals surface area contributed by atoms with Gasteiger partial charge in [-0.3, -0.25) is 24.0 Å². The maximum absolute atomic E-state index is 13.7. The Morgan fingerprint density at radius 2 is 1.70 bits per heavy atom. The molecule has 7 N–H and O–H groups in total. The van der Waals surface area contributed by atoms with Crippen molar-refractivity contribution in [1.29, 1.82) is 0 Å². The van der Waals surface area contributed by atoms with E-state index in [0.717, 1.165) is 11.1 Å². The highest BCUT2D eigenvalue weighted by atomic mass is 32.2. The minimum atomic E-state index is -0.975. The topological polar surface area (TPSA) is 183 Å². The lowest BCUT2D eigenvalue weighted by Crippen LogP contribution is -2.62. The van der Waals surface area contributed by atoms with Crippen LogP contribution < -0.4 is 27.0 Å². The van der Waals surface area contributed by atoms with Crippen molar-refractivity contribution in [2.45, 2.75) is 50.4 Å². The molecule has 0 unspecified atom stereocenters. The molecular formula is C30H40N6O6S. The van der Waals surface area contributed by atoms with Crippen LogP contribution in [0.1, 0.15) is 24.5 Å². The number of phenolic OH excluding ortho intramolecular Hbond substituents is 1. The van der Waals surface area contributed by atoms with Gasteiger partial charge in [0.1, 0.15) is 23.9 Å². The van der Waals surface area contributed by atoms with Gasteiger partial charge >= 0.3 is 0 Å². The number of aromatic hydroxyl groups is 1. The second-order valence-electron chi connectivity index (χ2n) is 10.4. The van der Waals surface area contributed by atoms with E-state index in [-0.39, 0.29) is 30.4 Å². The summed E-state index contributed by atoms with van der Waals surface area (Å²) in [6, 6.07) is 12.0. The second-order valence-corrected chi connectivity index (χ2v) is 11.3. The van der Waals surface area contributed by atoms with Crippen LogP contribution in [0.25, 0.3) is 0 Å². The van der Waals surface area contributed by atoms with Crippen molar-refractivity contribution in [3.63, 3.8) is 0 Å². The van der Waals surface area contributed by atoms with Crippen molar-refractivity contribution in [3.05, 3.63) is 65.7 Å². The average molecular weight is 613 g/mol. The number of hydrogen-bond donors (Lipinski definition) is 6. The first-order valence-electron chi connectivity index (χ1n) is 14.1. The van der Waals surface area contributed by atoms with Crippen molar-refractivity contribution < 1.29 is 29.1 Å². The molecular weight excluding hydrogens is 572 g/mol. The van der Waals surface area contributed by atoms with E-state index in [2.05, 4.69) is 21.3 Å². The van der Waals surface area contributed by atoms with Gasteiger partial charge < -0.3 is 37.0 Å². The van der Waals surface area contributed by atoms with Crippen molar-refractivity contribution in [2.75, 3.05) is 31.6 Å². The Morgan fingerprint density at radius 1 is 1.02 bits per heavy atom. The maximum Gasteiger partial charge on any atom is 0.246 e. The van der Waals surface area contributed by atoms with E-state index >= 15 is 0 Å². The van der Waals surface area contributed by atoms with E-state index in [0.29, 0.717) is 25.3 Å². The number of nitrogens with one attached hydrogen (secondary N) is 4.